The molecule has 7 atom stereocenters. The molecule has 1 aliphatic heterocycles. The van der Waals surface area contributed by atoms with E-state index in [1.165, 1.54) is 32.1 Å². The number of fused-ring (bicyclic) bond motifs is 5. The number of Topliss-reactive ketones (excluding diaryl/α,β-unsaturated/α-hetero) is 1. The Kier molecular flexibility index (Phi) is 4.55. The van der Waals surface area contributed by atoms with E-state index in [-0.39, 0.29) is 11.7 Å². The predicted octanol–water partition coefficient (Wildman–Crippen LogP) is 5.43. The summed E-state index contributed by atoms with van der Waals surface area (Å²) in [5.74, 6) is 2.68. The molecule has 150 valence electrons. The average molecular weight is 373 g/mol. The van der Waals surface area contributed by atoms with Gasteiger partial charge in [0, 0.05) is 18.4 Å². The van der Waals surface area contributed by atoms with Gasteiger partial charge in [-0.05, 0) is 87.4 Å². The summed E-state index contributed by atoms with van der Waals surface area (Å²) in [4.78, 5) is 12.6. The van der Waals surface area contributed by atoms with Crippen LogP contribution in [0.4, 0.5) is 0 Å². The molecule has 0 aromatic heterocycles. The van der Waals surface area contributed by atoms with Crippen molar-refractivity contribution in [2.24, 2.45) is 28.6 Å². The zero-order valence-electron chi connectivity index (χ0n) is 17.2. The highest BCUT2D eigenvalue weighted by Crippen LogP contribution is 2.64. The third kappa shape index (κ3) is 2.87. The zero-order chi connectivity index (χ0) is 18.6. The van der Waals surface area contributed by atoms with Gasteiger partial charge < -0.3 is 9.47 Å². The Bertz CT molecular complexity index is 634. The highest BCUT2D eigenvalue weighted by Gasteiger charge is 2.58. The maximum atomic E-state index is 12.6. The number of rotatable bonds is 2. The summed E-state index contributed by atoms with van der Waals surface area (Å²) in [6, 6.07) is 0. The molecule has 1 heterocycles. The summed E-state index contributed by atoms with van der Waals surface area (Å²) in [7, 11) is 0. The van der Waals surface area contributed by atoms with Crippen molar-refractivity contribution in [3.8, 4) is 0 Å². The van der Waals surface area contributed by atoms with Crippen molar-refractivity contribution in [1.29, 1.82) is 0 Å². The number of carbonyl (C=O) groups excluding carboxylic acids is 1. The molecule has 5 rings (SSSR count). The Morgan fingerprint density at radius 2 is 1.85 bits per heavy atom. The molecule has 0 N–H and O–H groups in total. The van der Waals surface area contributed by atoms with Crippen molar-refractivity contribution >= 4 is 5.78 Å². The van der Waals surface area contributed by atoms with Crippen LogP contribution in [0, 0.1) is 28.6 Å². The van der Waals surface area contributed by atoms with E-state index in [4.69, 9.17) is 9.47 Å². The predicted molar refractivity (Wildman–Crippen MR) is 105 cm³/mol. The molecule has 0 unspecified atom stereocenters. The quantitative estimate of drug-likeness (QED) is 0.606. The molecule has 0 amide bonds. The van der Waals surface area contributed by atoms with Crippen LogP contribution in [0.1, 0.15) is 84.5 Å². The molecule has 4 aliphatic carbocycles. The van der Waals surface area contributed by atoms with Crippen LogP contribution in [-0.2, 0) is 14.3 Å². The summed E-state index contributed by atoms with van der Waals surface area (Å²) >= 11 is 0. The molecule has 27 heavy (non-hydrogen) atoms. The lowest BCUT2D eigenvalue weighted by molar-refractivity contribution is -0.195. The lowest BCUT2D eigenvalue weighted by atomic mass is 9.48. The van der Waals surface area contributed by atoms with E-state index in [1.807, 2.05) is 0 Å². The molecule has 3 nitrogen and oxygen atoms in total. The first-order valence-electron chi connectivity index (χ1n) is 11.5. The Hall–Kier alpha value is -0.670. The Morgan fingerprint density at radius 1 is 1.04 bits per heavy atom. The fraction of sp³-hybridized carbons (Fsp3) is 0.875. The molecule has 4 fully saturated rings. The minimum Gasteiger partial charge on any atom is -0.353 e. The molecule has 5 aliphatic rings. The molecule has 3 saturated carbocycles. The maximum Gasteiger partial charge on any atom is 0.157 e. The first kappa shape index (κ1) is 18.4. The summed E-state index contributed by atoms with van der Waals surface area (Å²) in [5, 5.41) is 0. The SMILES string of the molecule is C[C@]12CC[C@@H](O[C@H]3CCCCO3)CC1=CC[C@H]1[C@H]2CC[C@]2(C)C(=O)CC[C@@H]12. The monoisotopic (exact) mass is 372 g/mol. The van der Waals surface area contributed by atoms with E-state index in [9.17, 15) is 4.79 Å². The maximum absolute atomic E-state index is 12.6. The molecule has 0 radical (unpaired) electrons. The third-order valence-corrected chi connectivity index (χ3v) is 9.25. The van der Waals surface area contributed by atoms with Crippen LogP contribution in [0.5, 0.6) is 0 Å². The second kappa shape index (κ2) is 6.69. The number of ketones is 1. The topological polar surface area (TPSA) is 35.5 Å². The van der Waals surface area contributed by atoms with Crippen molar-refractivity contribution in [1.82, 2.24) is 0 Å². The van der Waals surface area contributed by atoms with E-state index >= 15 is 0 Å². The van der Waals surface area contributed by atoms with E-state index in [0.717, 1.165) is 57.0 Å². The Morgan fingerprint density at radius 3 is 2.67 bits per heavy atom. The summed E-state index contributed by atoms with van der Waals surface area (Å²) in [6.07, 6.45) is 15.4. The second-order valence-electron chi connectivity index (χ2n) is 10.5. The minimum absolute atomic E-state index is 0.0124. The smallest absolute Gasteiger partial charge is 0.157 e. The van der Waals surface area contributed by atoms with Crippen LogP contribution in [0.25, 0.3) is 0 Å². The van der Waals surface area contributed by atoms with Crippen LogP contribution < -0.4 is 0 Å². The van der Waals surface area contributed by atoms with Crippen LogP contribution in [0.15, 0.2) is 11.6 Å². The van der Waals surface area contributed by atoms with E-state index in [2.05, 4.69) is 19.9 Å². The Labute approximate surface area is 164 Å². The molecule has 0 aromatic rings. The first-order valence-corrected chi connectivity index (χ1v) is 11.5. The zero-order valence-corrected chi connectivity index (χ0v) is 17.2. The normalized spacial score (nSPS) is 49.8. The largest absolute Gasteiger partial charge is 0.353 e. The average Bonchev–Trinajstić information content (AvgIpc) is 2.98. The van der Waals surface area contributed by atoms with E-state index in [1.54, 1.807) is 5.57 Å². The molecular weight excluding hydrogens is 336 g/mol. The lowest BCUT2D eigenvalue weighted by Gasteiger charge is -2.57. The fourth-order valence-corrected chi connectivity index (χ4v) is 7.55. The van der Waals surface area contributed by atoms with Crippen molar-refractivity contribution < 1.29 is 14.3 Å². The number of allylic oxidation sites excluding steroid dienone is 1. The van der Waals surface area contributed by atoms with Gasteiger partial charge in [-0.2, -0.15) is 0 Å². The van der Waals surface area contributed by atoms with Gasteiger partial charge >= 0.3 is 0 Å². The highest BCUT2D eigenvalue weighted by molar-refractivity contribution is 5.87. The number of carbonyl (C=O) groups is 1. The van der Waals surface area contributed by atoms with Crippen LogP contribution >= 0.6 is 0 Å². The lowest BCUT2D eigenvalue weighted by Crippen LogP contribution is -2.50. The van der Waals surface area contributed by atoms with Gasteiger partial charge in [-0.25, -0.2) is 0 Å². The van der Waals surface area contributed by atoms with Crippen molar-refractivity contribution in [3.05, 3.63) is 11.6 Å². The fourth-order valence-electron chi connectivity index (χ4n) is 7.55. The van der Waals surface area contributed by atoms with Gasteiger partial charge in [0.2, 0.25) is 0 Å². The summed E-state index contributed by atoms with van der Waals surface area (Å²) in [5.41, 5.74) is 1.98. The van der Waals surface area contributed by atoms with E-state index in [0.29, 0.717) is 23.2 Å². The standard InChI is InChI=1S/C24H36O3/c1-23-12-10-17(27-22-5-3-4-14-26-22)15-16(23)6-7-18-19-8-9-21(25)24(19,2)13-11-20(18)23/h6,17-20,22H,3-5,7-15H2,1-2H3/t17-,18-,19+,20-,22+,23+,24+/m1/s1. The molecular formula is C24H36O3. The van der Waals surface area contributed by atoms with Gasteiger partial charge in [0.05, 0.1) is 6.10 Å². The Balaban J connectivity index is 1.32. The summed E-state index contributed by atoms with van der Waals surface area (Å²) in [6.45, 7) is 5.67. The van der Waals surface area contributed by atoms with Gasteiger partial charge in [-0.1, -0.05) is 25.5 Å². The third-order valence-electron chi connectivity index (χ3n) is 9.25. The number of hydrogen-bond donors (Lipinski definition) is 0. The summed E-state index contributed by atoms with van der Waals surface area (Å²) < 4.78 is 12.2. The van der Waals surface area contributed by atoms with Crippen molar-refractivity contribution in [2.75, 3.05) is 6.61 Å². The van der Waals surface area contributed by atoms with Crippen LogP contribution in [-0.4, -0.2) is 24.8 Å². The van der Waals surface area contributed by atoms with Crippen LogP contribution in [0.2, 0.25) is 0 Å². The van der Waals surface area contributed by atoms with Gasteiger partial charge in [-0.3, -0.25) is 4.79 Å². The van der Waals surface area contributed by atoms with Gasteiger partial charge in [-0.15, -0.1) is 0 Å². The molecule has 0 bridgehead atoms. The first-order chi connectivity index (χ1) is 13.0. The van der Waals surface area contributed by atoms with Gasteiger partial charge in [0.1, 0.15) is 5.78 Å². The van der Waals surface area contributed by atoms with Crippen molar-refractivity contribution in [3.63, 3.8) is 0 Å². The molecule has 3 heteroatoms. The molecule has 1 saturated heterocycles. The molecule has 0 aromatic carbocycles. The highest BCUT2D eigenvalue weighted by atomic mass is 16.7. The molecule has 0 spiro atoms. The van der Waals surface area contributed by atoms with Gasteiger partial charge in [0.25, 0.3) is 0 Å². The minimum atomic E-state index is -0.0124. The van der Waals surface area contributed by atoms with Crippen LogP contribution in [0.3, 0.4) is 0 Å². The number of ether oxygens (including phenoxy) is 2. The second-order valence-corrected chi connectivity index (χ2v) is 10.5. The van der Waals surface area contributed by atoms with Gasteiger partial charge in [0.15, 0.2) is 6.29 Å². The number of hydrogen-bond acceptors (Lipinski definition) is 3. The van der Waals surface area contributed by atoms with E-state index < -0.39 is 0 Å². The van der Waals surface area contributed by atoms with Crippen molar-refractivity contribution in [2.45, 2.75) is 96.9 Å².